The number of nitriles is 2. The Morgan fingerprint density at radius 1 is 1.21 bits per heavy atom. The Labute approximate surface area is 85.9 Å². The van der Waals surface area contributed by atoms with Crippen molar-refractivity contribution in [3.05, 3.63) is 0 Å². The van der Waals surface area contributed by atoms with Crippen LogP contribution in [0.4, 0.5) is 0 Å². The van der Waals surface area contributed by atoms with Gasteiger partial charge in [-0.05, 0) is 18.8 Å². The quantitative estimate of drug-likeness (QED) is 0.668. The molecule has 0 atom stereocenters. The summed E-state index contributed by atoms with van der Waals surface area (Å²) in [6, 6.07) is 4.31. The first-order valence-electron chi connectivity index (χ1n) is 5.17. The van der Waals surface area contributed by atoms with E-state index >= 15 is 0 Å². The van der Waals surface area contributed by atoms with Crippen molar-refractivity contribution in [1.82, 2.24) is 4.90 Å². The Morgan fingerprint density at radius 2 is 1.71 bits per heavy atom. The fourth-order valence-corrected chi connectivity index (χ4v) is 1.88. The zero-order valence-corrected chi connectivity index (χ0v) is 8.95. The third-order valence-electron chi connectivity index (χ3n) is 2.76. The van der Waals surface area contributed by atoms with Gasteiger partial charge in [0.05, 0.1) is 12.1 Å². The molecule has 1 rings (SSSR count). The molecule has 0 radical (unpaired) electrons. The molecule has 0 bridgehead atoms. The van der Waals surface area contributed by atoms with Crippen LogP contribution in [0.3, 0.4) is 0 Å². The molecule has 0 N–H and O–H groups in total. The molecule has 1 aliphatic heterocycles. The summed E-state index contributed by atoms with van der Waals surface area (Å²) in [6.45, 7) is 7.23. The van der Waals surface area contributed by atoms with E-state index in [2.05, 4.69) is 30.9 Å². The summed E-state index contributed by atoms with van der Waals surface area (Å²) in [7, 11) is 0. The van der Waals surface area contributed by atoms with Crippen molar-refractivity contribution >= 4 is 0 Å². The van der Waals surface area contributed by atoms with E-state index in [9.17, 15) is 0 Å². The van der Waals surface area contributed by atoms with Gasteiger partial charge in [-0.25, -0.2) is 0 Å². The molecule has 0 spiro atoms. The van der Waals surface area contributed by atoms with E-state index < -0.39 is 5.41 Å². The highest BCUT2D eigenvalue weighted by Gasteiger charge is 2.34. The maximum atomic E-state index is 8.92. The lowest BCUT2D eigenvalue weighted by atomic mass is 9.81. The minimum Gasteiger partial charge on any atom is -0.303 e. The molecule has 0 aromatic heterocycles. The topological polar surface area (TPSA) is 50.8 Å². The predicted octanol–water partition coefficient (Wildman–Crippen LogP) is 1.77. The lowest BCUT2D eigenvalue weighted by molar-refractivity contribution is 0.161. The van der Waals surface area contributed by atoms with Crippen LogP contribution in [0.2, 0.25) is 0 Å². The Kier molecular flexibility index (Phi) is 3.49. The molecule has 3 heteroatoms. The maximum absolute atomic E-state index is 8.92. The van der Waals surface area contributed by atoms with Gasteiger partial charge in [-0.1, -0.05) is 13.8 Å². The molecule has 0 amide bonds. The van der Waals surface area contributed by atoms with E-state index in [1.165, 1.54) is 0 Å². The van der Waals surface area contributed by atoms with Crippen molar-refractivity contribution in [2.45, 2.75) is 26.7 Å². The predicted molar refractivity (Wildman–Crippen MR) is 54.2 cm³/mol. The van der Waals surface area contributed by atoms with Crippen LogP contribution < -0.4 is 0 Å². The van der Waals surface area contributed by atoms with Gasteiger partial charge in [0.25, 0.3) is 0 Å². The van der Waals surface area contributed by atoms with Gasteiger partial charge in [-0.15, -0.1) is 0 Å². The van der Waals surface area contributed by atoms with Crippen molar-refractivity contribution in [3.8, 4) is 12.1 Å². The summed E-state index contributed by atoms with van der Waals surface area (Å²) in [5, 5.41) is 17.8. The third kappa shape index (κ3) is 2.47. The highest BCUT2D eigenvalue weighted by molar-refractivity contribution is 5.15. The fourth-order valence-electron chi connectivity index (χ4n) is 1.88. The summed E-state index contributed by atoms with van der Waals surface area (Å²) in [6.07, 6.45) is 1.40. The summed E-state index contributed by atoms with van der Waals surface area (Å²) in [4.78, 5) is 2.34. The van der Waals surface area contributed by atoms with E-state index in [0.717, 1.165) is 19.6 Å². The molecule has 1 fully saturated rings. The molecule has 0 aromatic carbocycles. The Balaban J connectivity index is 2.47. The van der Waals surface area contributed by atoms with Gasteiger partial charge in [-0.2, -0.15) is 10.5 Å². The van der Waals surface area contributed by atoms with Gasteiger partial charge in [-0.3, -0.25) is 0 Å². The molecular formula is C11H17N3. The molecule has 3 nitrogen and oxygen atoms in total. The van der Waals surface area contributed by atoms with E-state index in [4.69, 9.17) is 10.5 Å². The first kappa shape index (κ1) is 11.0. The number of hydrogen-bond acceptors (Lipinski definition) is 3. The molecule has 14 heavy (non-hydrogen) atoms. The molecule has 0 saturated carbocycles. The number of rotatable bonds is 2. The third-order valence-corrected chi connectivity index (χ3v) is 2.76. The Bertz CT molecular complexity index is 245. The standard InChI is InChI=1S/C11H17N3/c1-10(2)7-14-5-3-11(8-12,9-13)4-6-14/h10H,3-7H2,1-2H3. The zero-order chi connectivity index (χ0) is 10.6. The molecule has 1 aliphatic rings. The van der Waals surface area contributed by atoms with E-state index in [1.54, 1.807) is 0 Å². The van der Waals surface area contributed by atoms with E-state index in [0.29, 0.717) is 18.8 Å². The van der Waals surface area contributed by atoms with Crippen molar-refractivity contribution in [3.63, 3.8) is 0 Å². The summed E-state index contributed by atoms with van der Waals surface area (Å²) in [5.74, 6) is 0.659. The molecule has 76 valence electrons. The van der Waals surface area contributed by atoms with Crippen LogP contribution in [-0.4, -0.2) is 24.5 Å². The SMILES string of the molecule is CC(C)CN1CCC(C#N)(C#N)CC1. The normalized spacial score (nSPS) is 21.5. The van der Waals surface area contributed by atoms with Crippen LogP contribution in [0.25, 0.3) is 0 Å². The minimum absolute atomic E-state index is 0.659. The van der Waals surface area contributed by atoms with Crippen LogP contribution in [0.5, 0.6) is 0 Å². The van der Waals surface area contributed by atoms with Crippen molar-refractivity contribution in [2.75, 3.05) is 19.6 Å². The summed E-state index contributed by atoms with van der Waals surface area (Å²) < 4.78 is 0. The van der Waals surface area contributed by atoms with Crippen LogP contribution in [-0.2, 0) is 0 Å². The van der Waals surface area contributed by atoms with Gasteiger partial charge in [0.2, 0.25) is 0 Å². The van der Waals surface area contributed by atoms with Crippen molar-refractivity contribution in [2.24, 2.45) is 11.3 Å². The molecule has 0 unspecified atom stereocenters. The largest absolute Gasteiger partial charge is 0.303 e. The van der Waals surface area contributed by atoms with Gasteiger partial charge in [0.1, 0.15) is 5.41 Å². The van der Waals surface area contributed by atoms with Gasteiger partial charge >= 0.3 is 0 Å². The highest BCUT2D eigenvalue weighted by atomic mass is 15.1. The van der Waals surface area contributed by atoms with E-state index in [-0.39, 0.29) is 0 Å². The van der Waals surface area contributed by atoms with E-state index in [1.807, 2.05) is 0 Å². The lowest BCUT2D eigenvalue weighted by Crippen LogP contribution is -2.40. The molecule has 0 aromatic rings. The number of nitrogens with zero attached hydrogens (tertiary/aromatic N) is 3. The number of piperidine rings is 1. The molecule has 1 heterocycles. The smallest absolute Gasteiger partial charge is 0.146 e. The first-order chi connectivity index (χ1) is 6.62. The van der Waals surface area contributed by atoms with Gasteiger partial charge in [0.15, 0.2) is 0 Å². The van der Waals surface area contributed by atoms with Crippen LogP contribution in [0.1, 0.15) is 26.7 Å². The van der Waals surface area contributed by atoms with Crippen molar-refractivity contribution in [1.29, 1.82) is 10.5 Å². The maximum Gasteiger partial charge on any atom is 0.146 e. The molecular weight excluding hydrogens is 174 g/mol. The summed E-state index contributed by atoms with van der Waals surface area (Å²) >= 11 is 0. The fraction of sp³-hybridized carbons (Fsp3) is 0.818. The average molecular weight is 191 g/mol. The second-order valence-corrected chi connectivity index (χ2v) is 4.50. The van der Waals surface area contributed by atoms with Gasteiger partial charge in [0, 0.05) is 19.6 Å². The van der Waals surface area contributed by atoms with Crippen LogP contribution >= 0.6 is 0 Å². The second kappa shape index (κ2) is 4.44. The molecule has 0 aliphatic carbocycles. The van der Waals surface area contributed by atoms with Gasteiger partial charge < -0.3 is 4.90 Å². The Morgan fingerprint density at radius 3 is 2.07 bits per heavy atom. The lowest BCUT2D eigenvalue weighted by Gasteiger charge is -2.33. The monoisotopic (exact) mass is 191 g/mol. The Hall–Kier alpha value is -1.06. The first-order valence-corrected chi connectivity index (χ1v) is 5.17. The van der Waals surface area contributed by atoms with Crippen LogP contribution in [0.15, 0.2) is 0 Å². The summed E-state index contributed by atoms with van der Waals surface area (Å²) in [5.41, 5.74) is -0.701. The molecule has 1 saturated heterocycles. The number of likely N-dealkylation sites (tertiary alicyclic amines) is 1. The zero-order valence-electron chi connectivity index (χ0n) is 8.95. The number of hydrogen-bond donors (Lipinski definition) is 0. The average Bonchev–Trinajstić information content (AvgIpc) is 2.19. The minimum atomic E-state index is -0.701. The van der Waals surface area contributed by atoms with Crippen molar-refractivity contribution < 1.29 is 0 Å². The highest BCUT2D eigenvalue weighted by Crippen LogP contribution is 2.29. The second-order valence-electron chi connectivity index (χ2n) is 4.50. The van der Waals surface area contributed by atoms with Crippen LogP contribution in [0, 0.1) is 34.0 Å².